The zero-order chi connectivity index (χ0) is 9.84. The molecule has 0 aliphatic rings. The quantitative estimate of drug-likeness (QED) is 0.440. The zero-order valence-electron chi connectivity index (χ0n) is 7.73. The third-order valence-corrected chi connectivity index (χ3v) is 1.53. The fourth-order valence-electron chi connectivity index (χ4n) is 0.920. The average Bonchev–Trinajstić information content (AvgIpc) is 2.04. The molecule has 0 amide bonds. The number of benzene rings is 1. The molecule has 0 atom stereocenters. The lowest BCUT2D eigenvalue weighted by molar-refractivity contribution is 0.101. The van der Waals surface area contributed by atoms with E-state index in [4.69, 9.17) is 11.5 Å². The molecule has 1 aromatic carbocycles. The number of ketones is 1. The van der Waals surface area contributed by atoms with Gasteiger partial charge in [-0.1, -0.05) is 0 Å². The Labute approximate surface area is 88.4 Å². The van der Waals surface area contributed by atoms with Gasteiger partial charge in [-0.25, -0.2) is 4.99 Å². The van der Waals surface area contributed by atoms with Crippen LogP contribution in [0.1, 0.15) is 17.3 Å². The summed E-state index contributed by atoms with van der Waals surface area (Å²) >= 11 is 0. The molecule has 4 nitrogen and oxygen atoms in total. The summed E-state index contributed by atoms with van der Waals surface area (Å²) < 4.78 is 0. The molecule has 0 aromatic heterocycles. The second-order valence-electron chi connectivity index (χ2n) is 2.64. The number of aliphatic imine (C=N–C) groups is 1. The lowest BCUT2D eigenvalue weighted by Gasteiger charge is -1.96. The number of nitrogens with two attached hydrogens (primary N) is 2. The van der Waals surface area contributed by atoms with Gasteiger partial charge in [-0.3, -0.25) is 4.79 Å². The molecule has 0 aliphatic heterocycles. The number of rotatable bonds is 2. The van der Waals surface area contributed by atoms with Gasteiger partial charge in [0.2, 0.25) is 0 Å². The normalized spacial score (nSPS) is 8.64. The first-order valence-corrected chi connectivity index (χ1v) is 3.80. The van der Waals surface area contributed by atoms with Gasteiger partial charge in [0.25, 0.3) is 0 Å². The maximum absolute atomic E-state index is 10.9. The molecule has 0 saturated carbocycles. The largest absolute Gasteiger partial charge is 0.370 e. The number of hydrogen-bond donors (Lipinski definition) is 2. The molecule has 0 unspecified atom stereocenters. The van der Waals surface area contributed by atoms with E-state index in [2.05, 4.69) is 4.99 Å². The summed E-state index contributed by atoms with van der Waals surface area (Å²) in [5, 5.41) is 0. The third-order valence-electron chi connectivity index (χ3n) is 1.53. The summed E-state index contributed by atoms with van der Waals surface area (Å²) in [5.74, 6) is 0.0341. The number of carbonyl (C=O) groups excluding carboxylic acids is 1. The monoisotopic (exact) mass is 213 g/mol. The number of hydrogen-bond acceptors (Lipinski definition) is 2. The summed E-state index contributed by atoms with van der Waals surface area (Å²) in [6.45, 7) is 1.51. The van der Waals surface area contributed by atoms with E-state index in [9.17, 15) is 4.79 Å². The molecule has 0 heterocycles. The Bertz CT molecular complexity index is 342. The highest BCUT2D eigenvalue weighted by Gasteiger charge is 1.97. The van der Waals surface area contributed by atoms with Crippen molar-refractivity contribution < 1.29 is 4.79 Å². The Morgan fingerprint density at radius 3 is 2.07 bits per heavy atom. The van der Waals surface area contributed by atoms with Crippen LogP contribution in [0.5, 0.6) is 0 Å². The van der Waals surface area contributed by atoms with Crippen LogP contribution < -0.4 is 11.5 Å². The van der Waals surface area contributed by atoms with E-state index in [1.807, 2.05) is 0 Å². The number of carbonyl (C=O) groups is 1. The molecular formula is C9H12ClN3O. The first-order chi connectivity index (χ1) is 6.09. The number of nitrogens with zero attached hydrogens (tertiary/aromatic N) is 1. The molecule has 0 spiro atoms. The standard InChI is InChI=1S/C9H11N3O.ClH/c1-6(13)7-2-4-8(5-3-7)12-9(10)11;/h2-5H,1H3,(H4,10,11,12);1H. The molecule has 5 heteroatoms. The van der Waals surface area contributed by atoms with Crippen LogP contribution >= 0.6 is 12.4 Å². The van der Waals surface area contributed by atoms with Gasteiger partial charge >= 0.3 is 0 Å². The molecule has 0 radical (unpaired) electrons. The number of Topliss-reactive ketones (excluding diaryl/α,β-unsaturated/α-hetero) is 1. The average molecular weight is 214 g/mol. The lowest BCUT2D eigenvalue weighted by Crippen LogP contribution is -2.21. The topological polar surface area (TPSA) is 81.5 Å². The molecule has 0 aliphatic carbocycles. The molecule has 1 rings (SSSR count). The zero-order valence-corrected chi connectivity index (χ0v) is 8.54. The summed E-state index contributed by atoms with van der Waals surface area (Å²) in [6, 6.07) is 6.75. The molecule has 0 fully saturated rings. The Morgan fingerprint density at radius 1 is 1.21 bits per heavy atom. The summed E-state index contributed by atoms with van der Waals surface area (Å²) in [7, 11) is 0. The maximum Gasteiger partial charge on any atom is 0.191 e. The number of halogens is 1. The van der Waals surface area contributed by atoms with Crippen LogP contribution in [0.2, 0.25) is 0 Å². The smallest absolute Gasteiger partial charge is 0.191 e. The van der Waals surface area contributed by atoms with E-state index < -0.39 is 0 Å². The van der Waals surface area contributed by atoms with Crippen LogP contribution in [0.25, 0.3) is 0 Å². The van der Waals surface area contributed by atoms with Crippen molar-refractivity contribution in [2.45, 2.75) is 6.92 Å². The van der Waals surface area contributed by atoms with Crippen molar-refractivity contribution in [1.82, 2.24) is 0 Å². The van der Waals surface area contributed by atoms with Crippen molar-refractivity contribution in [3.63, 3.8) is 0 Å². The Hall–Kier alpha value is -1.55. The maximum atomic E-state index is 10.9. The van der Waals surface area contributed by atoms with Crippen LogP contribution in [0.3, 0.4) is 0 Å². The lowest BCUT2D eigenvalue weighted by atomic mass is 10.1. The van der Waals surface area contributed by atoms with Crippen LogP contribution in [0, 0.1) is 0 Å². The van der Waals surface area contributed by atoms with Crippen molar-refractivity contribution in [2.24, 2.45) is 16.5 Å². The first kappa shape index (κ1) is 12.4. The van der Waals surface area contributed by atoms with Gasteiger partial charge < -0.3 is 11.5 Å². The minimum absolute atomic E-state index is 0. The van der Waals surface area contributed by atoms with Crippen LogP contribution in [0.15, 0.2) is 29.3 Å². The predicted octanol–water partition coefficient (Wildman–Crippen LogP) is 1.22. The number of guanidine groups is 1. The van der Waals surface area contributed by atoms with Crippen LogP contribution in [0.4, 0.5) is 5.69 Å². The SMILES string of the molecule is CC(=O)c1ccc(N=C(N)N)cc1.Cl. The van der Waals surface area contributed by atoms with Gasteiger partial charge in [0.05, 0.1) is 5.69 Å². The van der Waals surface area contributed by atoms with E-state index in [1.165, 1.54) is 6.92 Å². The minimum Gasteiger partial charge on any atom is -0.370 e. The predicted molar refractivity (Wildman–Crippen MR) is 59.2 cm³/mol. The van der Waals surface area contributed by atoms with Crippen molar-refractivity contribution in [3.8, 4) is 0 Å². The van der Waals surface area contributed by atoms with E-state index in [0.29, 0.717) is 11.3 Å². The summed E-state index contributed by atoms with van der Waals surface area (Å²) in [6.07, 6.45) is 0. The van der Waals surface area contributed by atoms with Gasteiger partial charge in [0.1, 0.15) is 0 Å². The highest BCUT2D eigenvalue weighted by Crippen LogP contribution is 2.12. The van der Waals surface area contributed by atoms with E-state index in [0.717, 1.165) is 0 Å². The minimum atomic E-state index is 0. The summed E-state index contributed by atoms with van der Waals surface area (Å²) in [5.41, 5.74) is 11.7. The Morgan fingerprint density at radius 2 is 1.71 bits per heavy atom. The van der Waals surface area contributed by atoms with Crippen LogP contribution in [-0.2, 0) is 0 Å². The Kier molecular flexibility index (Phi) is 4.66. The second kappa shape index (κ2) is 5.24. The van der Waals surface area contributed by atoms with Crippen molar-refractivity contribution in [3.05, 3.63) is 29.8 Å². The third kappa shape index (κ3) is 3.45. The van der Waals surface area contributed by atoms with Gasteiger partial charge in [0, 0.05) is 5.56 Å². The van der Waals surface area contributed by atoms with E-state index in [-0.39, 0.29) is 24.1 Å². The van der Waals surface area contributed by atoms with Crippen LogP contribution in [-0.4, -0.2) is 11.7 Å². The van der Waals surface area contributed by atoms with Gasteiger partial charge in [-0.05, 0) is 31.2 Å². The molecule has 1 aromatic rings. The molecule has 14 heavy (non-hydrogen) atoms. The Balaban J connectivity index is 0.00000169. The second-order valence-corrected chi connectivity index (χ2v) is 2.64. The van der Waals surface area contributed by atoms with Crippen molar-refractivity contribution >= 4 is 29.8 Å². The molecule has 76 valence electrons. The molecule has 0 saturated heterocycles. The fraction of sp³-hybridized carbons (Fsp3) is 0.111. The summed E-state index contributed by atoms with van der Waals surface area (Å²) in [4.78, 5) is 14.7. The molecule has 4 N–H and O–H groups in total. The molecule has 0 bridgehead atoms. The van der Waals surface area contributed by atoms with Crippen molar-refractivity contribution in [1.29, 1.82) is 0 Å². The highest BCUT2D eigenvalue weighted by molar-refractivity contribution is 5.94. The highest BCUT2D eigenvalue weighted by atomic mass is 35.5. The van der Waals surface area contributed by atoms with Gasteiger partial charge in [-0.2, -0.15) is 0 Å². The molecular weight excluding hydrogens is 202 g/mol. The van der Waals surface area contributed by atoms with Gasteiger partial charge in [-0.15, -0.1) is 12.4 Å². The van der Waals surface area contributed by atoms with Gasteiger partial charge in [0.15, 0.2) is 11.7 Å². The van der Waals surface area contributed by atoms with E-state index >= 15 is 0 Å². The van der Waals surface area contributed by atoms with Crippen molar-refractivity contribution in [2.75, 3.05) is 0 Å². The first-order valence-electron chi connectivity index (χ1n) is 3.80. The fourth-order valence-corrected chi connectivity index (χ4v) is 0.920. The van der Waals surface area contributed by atoms with E-state index in [1.54, 1.807) is 24.3 Å².